The summed E-state index contributed by atoms with van der Waals surface area (Å²) >= 11 is 4.90. The highest BCUT2D eigenvalue weighted by Crippen LogP contribution is 2.30. The SMILES string of the molecule is CC(C)N(CC(N)=S)CC1CC1. The number of nitrogens with zero attached hydrogens (tertiary/aromatic N) is 1. The van der Waals surface area contributed by atoms with Gasteiger partial charge in [-0.05, 0) is 32.6 Å². The van der Waals surface area contributed by atoms with Crippen LogP contribution in [0.3, 0.4) is 0 Å². The van der Waals surface area contributed by atoms with Gasteiger partial charge >= 0.3 is 0 Å². The molecular weight excluding hydrogens is 168 g/mol. The van der Waals surface area contributed by atoms with Crippen molar-refractivity contribution in [3.63, 3.8) is 0 Å². The standard InChI is InChI=1S/C9H18N2S/c1-7(2)11(6-9(10)12)5-8-3-4-8/h7-8H,3-6H2,1-2H3,(H2,10,12). The van der Waals surface area contributed by atoms with Crippen molar-refractivity contribution in [3.05, 3.63) is 0 Å². The Morgan fingerprint density at radius 3 is 2.50 bits per heavy atom. The lowest BCUT2D eigenvalue weighted by Gasteiger charge is -2.25. The zero-order valence-corrected chi connectivity index (χ0v) is 8.73. The Morgan fingerprint density at radius 1 is 1.58 bits per heavy atom. The molecule has 1 saturated carbocycles. The Balaban J connectivity index is 2.30. The minimum absolute atomic E-state index is 0.562. The molecule has 0 radical (unpaired) electrons. The van der Waals surface area contributed by atoms with Crippen LogP contribution in [-0.4, -0.2) is 29.0 Å². The fourth-order valence-corrected chi connectivity index (χ4v) is 1.46. The highest BCUT2D eigenvalue weighted by Gasteiger charge is 2.25. The van der Waals surface area contributed by atoms with E-state index in [1.807, 2.05) is 0 Å². The van der Waals surface area contributed by atoms with Crippen molar-refractivity contribution in [3.8, 4) is 0 Å². The topological polar surface area (TPSA) is 29.3 Å². The van der Waals surface area contributed by atoms with E-state index in [-0.39, 0.29) is 0 Å². The minimum Gasteiger partial charge on any atom is -0.392 e. The molecule has 0 heterocycles. The lowest BCUT2D eigenvalue weighted by atomic mass is 10.2. The molecule has 0 saturated heterocycles. The predicted octanol–water partition coefficient (Wildman–Crippen LogP) is 1.39. The predicted molar refractivity (Wildman–Crippen MR) is 56.2 cm³/mol. The van der Waals surface area contributed by atoms with Gasteiger partial charge < -0.3 is 5.73 Å². The average Bonchev–Trinajstić information content (AvgIpc) is 2.68. The van der Waals surface area contributed by atoms with Gasteiger partial charge in [0.25, 0.3) is 0 Å². The normalized spacial score (nSPS) is 17.3. The van der Waals surface area contributed by atoms with Crippen molar-refractivity contribution in [2.45, 2.75) is 32.7 Å². The Morgan fingerprint density at radius 2 is 2.17 bits per heavy atom. The summed E-state index contributed by atoms with van der Waals surface area (Å²) < 4.78 is 0. The molecule has 2 nitrogen and oxygen atoms in total. The molecule has 0 aliphatic heterocycles. The maximum absolute atomic E-state index is 5.52. The van der Waals surface area contributed by atoms with Gasteiger partial charge in [0.1, 0.15) is 0 Å². The molecule has 0 aromatic carbocycles. The largest absolute Gasteiger partial charge is 0.392 e. The van der Waals surface area contributed by atoms with Gasteiger partial charge in [0.2, 0.25) is 0 Å². The smallest absolute Gasteiger partial charge is 0.0870 e. The zero-order chi connectivity index (χ0) is 9.14. The first-order valence-corrected chi connectivity index (χ1v) is 5.02. The van der Waals surface area contributed by atoms with Crippen LogP contribution in [0.25, 0.3) is 0 Å². The Kier molecular flexibility index (Phi) is 3.47. The summed E-state index contributed by atoms with van der Waals surface area (Å²) in [6, 6.07) is 0.562. The van der Waals surface area contributed by atoms with Crippen molar-refractivity contribution in [2.24, 2.45) is 11.7 Å². The summed E-state index contributed by atoms with van der Waals surface area (Å²) in [6.07, 6.45) is 2.78. The van der Waals surface area contributed by atoms with Gasteiger partial charge in [-0.1, -0.05) is 12.2 Å². The first kappa shape index (κ1) is 9.93. The Hall–Kier alpha value is -0.150. The minimum atomic E-state index is 0.562. The second-order valence-electron chi connectivity index (χ2n) is 3.93. The summed E-state index contributed by atoms with van der Waals surface area (Å²) in [4.78, 5) is 2.98. The molecule has 0 unspecified atom stereocenters. The Labute approximate surface area is 80.1 Å². The lowest BCUT2D eigenvalue weighted by molar-refractivity contribution is 0.244. The number of hydrogen-bond donors (Lipinski definition) is 1. The average molecular weight is 186 g/mol. The van der Waals surface area contributed by atoms with Crippen LogP contribution in [0, 0.1) is 5.92 Å². The second-order valence-corrected chi connectivity index (χ2v) is 4.46. The monoisotopic (exact) mass is 186 g/mol. The lowest BCUT2D eigenvalue weighted by Crippen LogP contribution is -2.39. The van der Waals surface area contributed by atoms with Gasteiger partial charge in [-0.15, -0.1) is 0 Å². The third-order valence-corrected chi connectivity index (χ3v) is 2.41. The van der Waals surface area contributed by atoms with E-state index in [2.05, 4.69) is 18.7 Å². The van der Waals surface area contributed by atoms with Crippen molar-refractivity contribution < 1.29 is 0 Å². The molecule has 1 aliphatic rings. The van der Waals surface area contributed by atoms with E-state index < -0.39 is 0 Å². The van der Waals surface area contributed by atoms with Crippen molar-refractivity contribution >= 4 is 17.2 Å². The molecule has 0 aromatic heterocycles. The molecule has 0 spiro atoms. The molecule has 1 rings (SSSR count). The molecule has 1 aliphatic carbocycles. The molecule has 0 aromatic rings. The van der Waals surface area contributed by atoms with Crippen LogP contribution in [-0.2, 0) is 0 Å². The van der Waals surface area contributed by atoms with Crippen molar-refractivity contribution in [1.29, 1.82) is 0 Å². The highest BCUT2D eigenvalue weighted by atomic mass is 32.1. The van der Waals surface area contributed by atoms with Crippen molar-refractivity contribution in [2.75, 3.05) is 13.1 Å². The zero-order valence-electron chi connectivity index (χ0n) is 7.92. The number of rotatable bonds is 5. The van der Waals surface area contributed by atoms with E-state index in [1.54, 1.807) is 0 Å². The molecule has 70 valence electrons. The van der Waals surface area contributed by atoms with Gasteiger partial charge in [0, 0.05) is 19.1 Å². The van der Waals surface area contributed by atoms with Crippen LogP contribution in [0.4, 0.5) is 0 Å². The van der Waals surface area contributed by atoms with Crippen LogP contribution in [0.1, 0.15) is 26.7 Å². The van der Waals surface area contributed by atoms with E-state index in [0.29, 0.717) is 11.0 Å². The molecule has 0 bridgehead atoms. The molecular formula is C9H18N2S. The van der Waals surface area contributed by atoms with Gasteiger partial charge in [-0.3, -0.25) is 4.90 Å². The molecule has 12 heavy (non-hydrogen) atoms. The van der Waals surface area contributed by atoms with Gasteiger partial charge in [-0.2, -0.15) is 0 Å². The summed E-state index contributed by atoms with van der Waals surface area (Å²) in [5, 5.41) is 0. The summed E-state index contributed by atoms with van der Waals surface area (Å²) in [6.45, 7) is 6.35. The molecule has 0 atom stereocenters. The second kappa shape index (κ2) is 4.19. The fraction of sp³-hybridized carbons (Fsp3) is 0.889. The number of thiocarbonyl (C=S) groups is 1. The summed E-state index contributed by atoms with van der Waals surface area (Å²) in [5.74, 6) is 0.918. The van der Waals surface area contributed by atoms with Crippen LogP contribution < -0.4 is 5.73 Å². The molecule has 1 fully saturated rings. The summed E-state index contributed by atoms with van der Waals surface area (Å²) in [7, 11) is 0. The molecule has 2 N–H and O–H groups in total. The first-order valence-electron chi connectivity index (χ1n) is 4.62. The van der Waals surface area contributed by atoms with Crippen LogP contribution in [0.2, 0.25) is 0 Å². The maximum atomic E-state index is 5.52. The van der Waals surface area contributed by atoms with Crippen LogP contribution in [0.5, 0.6) is 0 Å². The highest BCUT2D eigenvalue weighted by molar-refractivity contribution is 7.80. The van der Waals surface area contributed by atoms with E-state index in [1.165, 1.54) is 19.4 Å². The number of nitrogens with two attached hydrogens (primary N) is 1. The van der Waals surface area contributed by atoms with E-state index in [0.717, 1.165) is 12.5 Å². The van der Waals surface area contributed by atoms with E-state index in [4.69, 9.17) is 18.0 Å². The first-order chi connectivity index (χ1) is 5.59. The van der Waals surface area contributed by atoms with Gasteiger partial charge in [0.05, 0.1) is 4.99 Å². The third-order valence-electron chi connectivity index (χ3n) is 2.28. The fourth-order valence-electron chi connectivity index (χ4n) is 1.29. The van der Waals surface area contributed by atoms with Gasteiger partial charge in [0.15, 0.2) is 0 Å². The van der Waals surface area contributed by atoms with E-state index in [9.17, 15) is 0 Å². The van der Waals surface area contributed by atoms with Crippen LogP contribution in [0.15, 0.2) is 0 Å². The third kappa shape index (κ3) is 3.50. The maximum Gasteiger partial charge on any atom is 0.0870 e. The molecule has 0 amide bonds. The van der Waals surface area contributed by atoms with Crippen molar-refractivity contribution in [1.82, 2.24) is 4.90 Å². The summed E-state index contributed by atoms with van der Waals surface area (Å²) in [5.41, 5.74) is 5.52. The Bertz CT molecular complexity index is 164. The molecule has 3 heteroatoms. The van der Waals surface area contributed by atoms with Gasteiger partial charge in [-0.25, -0.2) is 0 Å². The van der Waals surface area contributed by atoms with E-state index >= 15 is 0 Å². The quantitative estimate of drug-likeness (QED) is 0.658. The van der Waals surface area contributed by atoms with Crippen LogP contribution >= 0.6 is 12.2 Å². The number of hydrogen-bond acceptors (Lipinski definition) is 2.